The molecule has 1 unspecified atom stereocenters. The Balaban J connectivity index is 1.65. The average Bonchev–Trinajstić information content (AvgIpc) is 3.29. The van der Waals surface area contributed by atoms with Crippen LogP contribution in [0.2, 0.25) is 0 Å². The van der Waals surface area contributed by atoms with Gasteiger partial charge in [-0.05, 0) is 55.5 Å². The Morgan fingerprint density at radius 2 is 2.18 bits per heavy atom. The molecule has 1 aliphatic heterocycles. The number of hydrogen-bond donors (Lipinski definition) is 0. The Morgan fingerprint density at radius 3 is 2.94 bits per heavy atom. The van der Waals surface area contributed by atoms with E-state index in [9.17, 15) is 4.79 Å². The molecule has 0 saturated heterocycles. The first-order valence-corrected chi connectivity index (χ1v) is 11.9. The van der Waals surface area contributed by atoms with E-state index in [4.69, 9.17) is 11.4 Å². The van der Waals surface area contributed by atoms with Crippen LogP contribution in [0.25, 0.3) is 16.5 Å². The predicted molar refractivity (Wildman–Crippen MR) is 136 cm³/mol. The summed E-state index contributed by atoms with van der Waals surface area (Å²) in [6.07, 6.45) is 14.8. The lowest BCUT2D eigenvalue weighted by Crippen LogP contribution is -2.39. The van der Waals surface area contributed by atoms with E-state index in [-0.39, 0.29) is 11.6 Å². The number of hydrogen-bond acceptors (Lipinski definition) is 5. The summed E-state index contributed by atoms with van der Waals surface area (Å²) < 4.78 is 1.59. The van der Waals surface area contributed by atoms with Crippen molar-refractivity contribution in [2.75, 3.05) is 6.54 Å². The first-order valence-electron chi connectivity index (χ1n) is 11.0. The van der Waals surface area contributed by atoms with Crippen molar-refractivity contribution in [2.24, 2.45) is 7.05 Å². The molecule has 168 valence electrons. The van der Waals surface area contributed by atoms with Gasteiger partial charge >= 0.3 is 0 Å². The van der Waals surface area contributed by atoms with Crippen LogP contribution in [-0.4, -0.2) is 32.0 Å². The van der Waals surface area contributed by atoms with Crippen LogP contribution >= 0.6 is 11.3 Å². The number of pyridine rings is 1. The number of terminal acetylenes is 1. The van der Waals surface area contributed by atoms with Gasteiger partial charge in [-0.25, -0.2) is 4.98 Å². The summed E-state index contributed by atoms with van der Waals surface area (Å²) in [7, 11) is 1.76. The Hall–Kier alpha value is -3.27. The van der Waals surface area contributed by atoms with Crippen molar-refractivity contribution in [3.05, 3.63) is 86.2 Å². The zero-order chi connectivity index (χ0) is 23.5. The molecular formula is C27H28N4OS. The van der Waals surface area contributed by atoms with Crippen LogP contribution in [0.3, 0.4) is 0 Å². The maximum Gasteiger partial charge on any atom is 0.253 e. The summed E-state index contributed by atoms with van der Waals surface area (Å²) in [5, 5.41) is 2.03. The monoisotopic (exact) mass is 456 g/mol. The fourth-order valence-corrected chi connectivity index (χ4v) is 5.14. The lowest BCUT2D eigenvalue weighted by molar-refractivity contribution is 0.230. The van der Waals surface area contributed by atoms with Crippen molar-refractivity contribution in [1.82, 2.24) is 19.4 Å². The molecule has 33 heavy (non-hydrogen) atoms. The number of thiophene rings is 1. The van der Waals surface area contributed by atoms with Crippen LogP contribution in [0.1, 0.15) is 42.2 Å². The highest BCUT2D eigenvalue weighted by molar-refractivity contribution is 7.13. The molecule has 0 radical (unpaired) electrons. The molecule has 3 aromatic heterocycles. The Morgan fingerprint density at radius 1 is 1.36 bits per heavy atom. The molecule has 0 aromatic carbocycles. The second-order valence-corrected chi connectivity index (χ2v) is 9.29. The highest BCUT2D eigenvalue weighted by Crippen LogP contribution is 2.32. The van der Waals surface area contributed by atoms with Crippen molar-refractivity contribution in [3.8, 4) is 22.8 Å². The quantitative estimate of drug-likeness (QED) is 0.416. The second-order valence-electron chi connectivity index (χ2n) is 8.37. The van der Waals surface area contributed by atoms with Crippen LogP contribution in [0.4, 0.5) is 0 Å². The van der Waals surface area contributed by atoms with Gasteiger partial charge < -0.3 is 0 Å². The standard InChI is InChI=1S/C27H28N4OS/c1-6-8-24(18(3)13-25-29-19(4)14-26(32)30(25)5)31-11-9-23-22(17-31)15-21(16-28-23)27-20(7-2)10-12-33-27/h2,6,8,10,12-16,24H,9,11,17H2,1,3-5H3/b8-6-,18-13-. The summed E-state index contributed by atoms with van der Waals surface area (Å²) in [6.45, 7) is 7.70. The van der Waals surface area contributed by atoms with Crippen molar-refractivity contribution >= 4 is 17.4 Å². The van der Waals surface area contributed by atoms with Gasteiger partial charge in [0.2, 0.25) is 0 Å². The van der Waals surface area contributed by atoms with E-state index in [0.717, 1.165) is 52.5 Å². The largest absolute Gasteiger partial charge is 0.296 e. The molecule has 0 bridgehead atoms. The van der Waals surface area contributed by atoms with E-state index < -0.39 is 0 Å². The number of rotatable bonds is 5. The molecule has 3 aromatic rings. The average molecular weight is 457 g/mol. The smallest absolute Gasteiger partial charge is 0.253 e. The topological polar surface area (TPSA) is 51.0 Å². The van der Waals surface area contributed by atoms with Gasteiger partial charge in [0.05, 0.1) is 4.88 Å². The summed E-state index contributed by atoms with van der Waals surface area (Å²) in [4.78, 5) is 25.1. The lowest BCUT2D eigenvalue weighted by atomic mass is 9.98. The molecule has 4 rings (SSSR count). The van der Waals surface area contributed by atoms with E-state index in [2.05, 4.69) is 40.9 Å². The van der Waals surface area contributed by atoms with Crippen LogP contribution in [0, 0.1) is 19.3 Å². The minimum atomic E-state index is -0.0467. The zero-order valence-electron chi connectivity index (χ0n) is 19.5. The molecule has 4 heterocycles. The normalized spacial score (nSPS) is 15.4. The van der Waals surface area contributed by atoms with Crippen molar-refractivity contribution < 1.29 is 0 Å². The third-order valence-corrected chi connectivity index (χ3v) is 7.00. The summed E-state index contributed by atoms with van der Waals surface area (Å²) in [5.41, 5.74) is 6.20. The maximum atomic E-state index is 12.2. The SMILES string of the molecule is C#Cc1ccsc1-c1cnc2c(c1)CN(C(/C=C\C)/C(C)=C\c1nc(C)cc(=O)n1C)CC2. The first-order chi connectivity index (χ1) is 15.9. The predicted octanol–water partition coefficient (Wildman–Crippen LogP) is 4.60. The minimum Gasteiger partial charge on any atom is -0.296 e. The van der Waals surface area contributed by atoms with Crippen LogP contribution in [0.5, 0.6) is 0 Å². The van der Waals surface area contributed by atoms with Crippen LogP contribution in [-0.2, 0) is 20.0 Å². The van der Waals surface area contributed by atoms with Gasteiger partial charge in [0.15, 0.2) is 0 Å². The van der Waals surface area contributed by atoms with Gasteiger partial charge in [0.25, 0.3) is 5.56 Å². The van der Waals surface area contributed by atoms with Gasteiger partial charge in [0.1, 0.15) is 5.82 Å². The summed E-state index contributed by atoms with van der Waals surface area (Å²) >= 11 is 1.65. The van der Waals surface area contributed by atoms with Gasteiger partial charge in [-0.1, -0.05) is 18.1 Å². The van der Waals surface area contributed by atoms with Crippen molar-refractivity contribution in [3.63, 3.8) is 0 Å². The van der Waals surface area contributed by atoms with Gasteiger partial charge in [-0.3, -0.25) is 19.2 Å². The molecule has 0 N–H and O–H groups in total. The molecule has 1 aliphatic rings. The fraction of sp³-hybridized carbons (Fsp3) is 0.296. The number of aromatic nitrogens is 3. The third-order valence-electron chi connectivity index (χ3n) is 6.04. The van der Waals surface area contributed by atoms with E-state index >= 15 is 0 Å². The third kappa shape index (κ3) is 4.75. The number of allylic oxidation sites excluding steroid dienone is 1. The minimum absolute atomic E-state index is 0.0467. The fourth-order valence-electron chi connectivity index (χ4n) is 4.29. The lowest BCUT2D eigenvalue weighted by Gasteiger charge is -2.34. The molecule has 5 nitrogen and oxygen atoms in total. The molecule has 0 aliphatic carbocycles. The van der Waals surface area contributed by atoms with Gasteiger partial charge in [-0.15, -0.1) is 17.8 Å². The number of nitrogens with zero attached hydrogens (tertiary/aromatic N) is 4. The first kappa shape index (κ1) is 22.9. The van der Waals surface area contributed by atoms with Crippen molar-refractivity contribution in [2.45, 2.75) is 39.8 Å². The Bertz CT molecular complexity index is 1340. The second kappa shape index (κ2) is 9.70. The molecule has 0 amide bonds. The van der Waals surface area contributed by atoms with Crippen LogP contribution in [0.15, 0.2) is 52.3 Å². The number of fused-ring (bicyclic) bond motifs is 1. The molecule has 0 saturated carbocycles. The molecular weight excluding hydrogens is 428 g/mol. The van der Waals surface area contributed by atoms with E-state index in [1.807, 2.05) is 37.6 Å². The molecule has 6 heteroatoms. The van der Waals surface area contributed by atoms with Gasteiger partial charge in [-0.2, -0.15) is 0 Å². The van der Waals surface area contributed by atoms with Crippen molar-refractivity contribution in [1.29, 1.82) is 0 Å². The summed E-state index contributed by atoms with van der Waals surface area (Å²) in [5.74, 6) is 3.45. The maximum absolute atomic E-state index is 12.2. The number of aryl methyl sites for hydroxylation is 1. The van der Waals surface area contributed by atoms with Gasteiger partial charge in [0, 0.05) is 67.4 Å². The highest BCUT2D eigenvalue weighted by Gasteiger charge is 2.24. The summed E-state index contributed by atoms with van der Waals surface area (Å²) in [6, 6.07) is 5.88. The molecule has 0 spiro atoms. The van der Waals surface area contributed by atoms with E-state index in [0.29, 0.717) is 5.82 Å². The Kier molecular flexibility index (Phi) is 6.73. The van der Waals surface area contributed by atoms with E-state index in [1.54, 1.807) is 29.0 Å². The Labute approximate surface area is 199 Å². The highest BCUT2D eigenvalue weighted by atomic mass is 32.1. The van der Waals surface area contributed by atoms with Crippen LogP contribution < -0.4 is 5.56 Å². The molecule has 0 fully saturated rings. The molecule has 1 atom stereocenters. The van der Waals surface area contributed by atoms with E-state index in [1.165, 1.54) is 5.56 Å². The zero-order valence-corrected chi connectivity index (χ0v) is 20.3.